The second-order valence-electron chi connectivity index (χ2n) is 4.07. The molecule has 0 amide bonds. The first-order valence-corrected chi connectivity index (χ1v) is 5.59. The number of carbonyl (C=O) groups excluding carboxylic acids is 1. The third kappa shape index (κ3) is 7.05. The number of nitrogens with two attached hydrogens (primary N) is 1. The van der Waals surface area contributed by atoms with Crippen LogP contribution in [0.1, 0.15) is 20.8 Å². The van der Waals surface area contributed by atoms with Gasteiger partial charge in [-0.15, -0.1) is 0 Å². The summed E-state index contributed by atoms with van der Waals surface area (Å²) in [6, 6.07) is 5.18. The number of benzene rings is 1. The van der Waals surface area contributed by atoms with Crippen molar-refractivity contribution in [2.24, 2.45) is 5.84 Å². The molecular weight excluding hydrogens is 263 g/mol. The second kappa shape index (κ2) is 7.37. The van der Waals surface area contributed by atoms with Crippen molar-refractivity contribution in [2.75, 3.05) is 5.43 Å². The second-order valence-corrected chi connectivity index (χ2v) is 4.88. The molecule has 0 radical (unpaired) electrons. The molecule has 0 saturated carbocycles. The van der Waals surface area contributed by atoms with Crippen molar-refractivity contribution in [3.8, 4) is 0 Å². The Morgan fingerprint density at radius 2 is 1.76 bits per heavy atom. The van der Waals surface area contributed by atoms with E-state index < -0.39 is 0 Å². The first-order chi connectivity index (χ1) is 7.81. The fourth-order valence-corrected chi connectivity index (χ4v) is 1.29. The van der Waals surface area contributed by atoms with Gasteiger partial charge in [0.2, 0.25) is 0 Å². The molecule has 4 nitrogen and oxygen atoms in total. The molecule has 0 saturated heterocycles. The lowest BCUT2D eigenvalue weighted by atomic mass is 10.2. The third-order valence-electron chi connectivity index (χ3n) is 1.51. The van der Waals surface area contributed by atoms with E-state index in [4.69, 9.17) is 29.0 Å². The molecule has 0 unspecified atom stereocenters. The van der Waals surface area contributed by atoms with Crippen LogP contribution in [0, 0.1) is 0 Å². The summed E-state index contributed by atoms with van der Waals surface area (Å²) < 4.78 is 4.55. The van der Waals surface area contributed by atoms with Crippen molar-refractivity contribution >= 4 is 35.4 Å². The van der Waals surface area contributed by atoms with E-state index in [2.05, 4.69) is 10.2 Å². The maximum Gasteiger partial charge on any atom is 0.293 e. The van der Waals surface area contributed by atoms with E-state index in [0.717, 1.165) is 0 Å². The highest BCUT2D eigenvalue weighted by molar-refractivity contribution is 6.39. The van der Waals surface area contributed by atoms with Gasteiger partial charge in [0.15, 0.2) is 0 Å². The highest BCUT2D eigenvalue weighted by atomic mass is 35.5. The Bertz CT molecular complexity index is 345. The number of nitrogen functional groups attached to an aromatic ring is 1. The minimum absolute atomic E-state index is 0.318. The quantitative estimate of drug-likeness (QED) is 0.495. The molecule has 1 rings (SSSR count). The van der Waals surface area contributed by atoms with Gasteiger partial charge in [-0.3, -0.25) is 10.6 Å². The molecule has 96 valence electrons. The Labute approximate surface area is 111 Å². The van der Waals surface area contributed by atoms with Crippen LogP contribution in [0.4, 0.5) is 5.69 Å². The summed E-state index contributed by atoms with van der Waals surface area (Å²) in [6.07, 6.45) is 0. The largest absolute Gasteiger partial charge is 0.462 e. The Hall–Kier alpha value is -0.970. The standard InChI is InChI=1S/C6H6Cl2N2.C5H10O2/c7-4-2-1-3-5(8)6(4)10-9;1-5(2,3)7-4-6/h1-3,10H,9H2;4H,1-3H3. The van der Waals surface area contributed by atoms with Gasteiger partial charge >= 0.3 is 0 Å². The number of para-hydroxylation sites is 1. The number of anilines is 1. The van der Waals surface area contributed by atoms with Crippen molar-refractivity contribution < 1.29 is 9.53 Å². The van der Waals surface area contributed by atoms with E-state index >= 15 is 0 Å². The Balaban J connectivity index is 0.000000325. The molecule has 0 bridgehead atoms. The van der Waals surface area contributed by atoms with E-state index in [9.17, 15) is 4.79 Å². The van der Waals surface area contributed by atoms with Crippen LogP contribution in [-0.4, -0.2) is 12.1 Å². The van der Waals surface area contributed by atoms with E-state index in [1.165, 1.54) is 0 Å². The van der Waals surface area contributed by atoms with Gasteiger partial charge in [-0.25, -0.2) is 0 Å². The molecule has 1 aromatic carbocycles. The normalized spacial score (nSPS) is 10.0. The zero-order valence-corrected chi connectivity index (χ0v) is 11.5. The molecule has 0 atom stereocenters. The number of nitrogens with one attached hydrogen (secondary N) is 1. The average Bonchev–Trinajstić information content (AvgIpc) is 2.17. The Kier molecular flexibility index (Phi) is 6.95. The lowest BCUT2D eigenvalue weighted by molar-refractivity contribution is -0.138. The molecule has 0 aliphatic heterocycles. The van der Waals surface area contributed by atoms with Gasteiger partial charge in [-0.1, -0.05) is 29.3 Å². The molecule has 0 spiro atoms. The summed E-state index contributed by atoms with van der Waals surface area (Å²) in [5.74, 6) is 5.13. The van der Waals surface area contributed by atoms with E-state index in [1.807, 2.05) is 20.8 Å². The molecule has 17 heavy (non-hydrogen) atoms. The number of carbonyl (C=O) groups is 1. The highest BCUT2D eigenvalue weighted by Gasteiger charge is 2.07. The van der Waals surface area contributed by atoms with Crippen LogP contribution in [0.2, 0.25) is 10.0 Å². The zero-order chi connectivity index (χ0) is 13.5. The Morgan fingerprint density at radius 1 is 1.29 bits per heavy atom. The van der Waals surface area contributed by atoms with Gasteiger partial charge in [-0.05, 0) is 32.9 Å². The first kappa shape index (κ1) is 16.0. The van der Waals surface area contributed by atoms with E-state index in [0.29, 0.717) is 22.2 Å². The van der Waals surface area contributed by atoms with Gasteiger partial charge in [-0.2, -0.15) is 0 Å². The third-order valence-corrected chi connectivity index (χ3v) is 2.14. The first-order valence-electron chi connectivity index (χ1n) is 4.84. The number of hydrazine groups is 1. The van der Waals surface area contributed by atoms with Crippen molar-refractivity contribution in [2.45, 2.75) is 26.4 Å². The molecule has 0 aliphatic carbocycles. The summed E-state index contributed by atoms with van der Waals surface area (Å²) in [5.41, 5.74) is 2.64. The van der Waals surface area contributed by atoms with Crippen LogP contribution in [0.3, 0.4) is 0 Å². The van der Waals surface area contributed by atoms with Crippen LogP contribution in [0.15, 0.2) is 18.2 Å². The summed E-state index contributed by atoms with van der Waals surface area (Å²) >= 11 is 11.4. The van der Waals surface area contributed by atoms with Crippen LogP contribution >= 0.6 is 23.2 Å². The minimum atomic E-state index is -0.318. The zero-order valence-electron chi connectivity index (χ0n) is 9.96. The van der Waals surface area contributed by atoms with Gasteiger partial charge in [0.05, 0.1) is 15.7 Å². The molecule has 1 aromatic rings. The van der Waals surface area contributed by atoms with Crippen molar-refractivity contribution in [1.82, 2.24) is 0 Å². The van der Waals surface area contributed by atoms with Crippen LogP contribution in [-0.2, 0) is 9.53 Å². The molecular formula is C11H16Cl2N2O2. The summed E-state index contributed by atoms with van der Waals surface area (Å²) in [4.78, 5) is 9.60. The van der Waals surface area contributed by atoms with Crippen molar-refractivity contribution in [1.29, 1.82) is 0 Å². The number of rotatable bonds is 2. The van der Waals surface area contributed by atoms with Crippen LogP contribution < -0.4 is 11.3 Å². The van der Waals surface area contributed by atoms with Crippen LogP contribution in [0.25, 0.3) is 0 Å². The van der Waals surface area contributed by atoms with E-state index in [-0.39, 0.29) is 5.60 Å². The predicted octanol–water partition coefficient (Wildman–Crippen LogP) is 3.24. The molecule has 0 heterocycles. The maximum absolute atomic E-state index is 9.60. The smallest absolute Gasteiger partial charge is 0.293 e. The molecule has 0 aliphatic rings. The minimum Gasteiger partial charge on any atom is -0.462 e. The van der Waals surface area contributed by atoms with Crippen molar-refractivity contribution in [3.63, 3.8) is 0 Å². The fraction of sp³-hybridized carbons (Fsp3) is 0.364. The maximum atomic E-state index is 9.60. The van der Waals surface area contributed by atoms with Gasteiger partial charge in [0.1, 0.15) is 5.60 Å². The molecule has 0 fully saturated rings. The topological polar surface area (TPSA) is 64.3 Å². The average molecular weight is 279 g/mol. The summed E-state index contributed by atoms with van der Waals surface area (Å²) in [6.45, 7) is 5.92. The van der Waals surface area contributed by atoms with Gasteiger partial charge in [0, 0.05) is 0 Å². The Morgan fingerprint density at radius 3 is 1.94 bits per heavy atom. The van der Waals surface area contributed by atoms with Crippen molar-refractivity contribution in [3.05, 3.63) is 28.2 Å². The highest BCUT2D eigenvalue weighted by Crippen LogP contribution is 2.28. The molecule has 6 heteroatoms. The lowest BCUT2D eigenvalue weighted by Crippen LogP contribution is -2.17. The summed E-state index contributed by atoms with van der Waals surface area (Å²) in [7, 11) is 0. The number of halogens is 2. The molecule has 3 N–H and O–H groups in total. The van der Waals surface area contributed by atoms with Gasteiger partial charge < -0.3 is 10.2 Å². The fourth-order valence-electron chi connectivity index (χ4n) is 0.780. The van der Waals surface area contributed by atoms with Gasteiger partial charge in [0.25, 0.3) is 6.47 Å². The van der Waals surface area contributed by atoms with Crippen LogP contribution in [0.5, 0.6) is 0 Å². The predicted molar refractivity (Wildman–Crippen MR) is 71.2 cm³/mol. The number of hydrogen-bond donors (Lipinski definition) is 2. The molecule has 0 aromatic heterocycles. The SMILES string of the molecule is CC(C)(C)OC=O.NNc1c(Cl)cccc1Cl. The monoisotopic (exact) mass is 278 g/mol. The number of hydrogen-bond acceptors (Lipinski definition) is 4. The lowest BCUT2D eigenvalue weighted by Gasteiger charge is -2.14. The summed E-state index contributed by atoms with van der Waals surface area (Å²) in [5, 5.41) is 1.05. The number of ether oxygens (including phenoxy) is 1. The van der Waals surface area contributed by atoms with E-state index in [1.54, 1.807) is 18.2 Å².